The molecule has 0 aliphatic carbocycles. The topological polar surface area (TPSA) is 66.9 Å². The molecule has 0 radical (unpaired) electrons. The van der Waals surface area contributed by atoms with Gasteiger partial charge in [0.1, 0.15) is 0 Å². The van der Waals surface area contributed by atoms with Crippen LogP contribution in [0.2, 0.25) is 0 Å². The Hall–Kier alpha value is -1.85. The first-order valence-corrected chi connectivity index (χ1v) is 6.44. The van der Waals surface area contributed by atoms with E-state index in [-0.39, 0.29) is 18.7 Å². The summed E-state index contributed by atoms with van der Waals surface area (Å²) >= 11 is 0. The molecule has 0 aromatic carbocycles. The highest BCUT2D eigenvalue weighted by molar-refractivity contribution is 6.35. The number of nitrogens with zero attached hydrogens (tertiary/aromatic N) is 2. The molecule has 0 spiro atoms. The molecule has 1 rings (SSSR count). The second kappa shape index (κ2) is 6.92. The van der Waals surface area contributed by atoms with Crippen molar-refractivity contribution in [1.29, 1.82) is 0 Å². The minimum atomic E-state index is -0.579. The van der Waals surface area contributed by atoms with E-state index in [0.717, 1.165) is 6.42 Å². The Kier molecular flexibility index (Phi) is 5.54. The zero-order valence-electron chi connectivity index (χ0n) is 11.5. The largest absolute Gasteiger partial charge is 0.463 e. The summed E-state index contributed by atoms with van der Waals surface area (Å²) in [5, 5.41) is 0. The van der Waals surface area contributed by atoms with Gasteiger partial charge in [0.15, 0.2) is 0 Å². The molecule has 2 amide bonds. The fourth-order valence-corrected chi connectivity index (χ4v) is 1.88. The Morgan fingerprint density at radius 1 is 1.21 bits per heavy atom. The molecule has 0 bridgehead atoms. The van der Waals surface area contributed by atoms with Crippen molar-refractivity contribution in [2.24, 2.45) is 0 Å². The lowest BCUT2D eigenvalue weighted by atomic mass is 10.2. The third-order valence-electron chi connectivity index (χ3n) is 2.84. The molecule has 106 valence electrons. The minimum Gasteiger partial charge on any atom is -0.463 e. The first-order chi connectivity index (χ1) is 9.01. The summed E-state index contributed by atoms with van der Waals surface area (Å²) in [5.41, 5.74) is 0.187. The lowest BCUT2D eigenvalue weighted by Gasteiger charge is -2.33. The average molecular weight is 268 g/mol. The van der Waals surface area contributed by atoms with Crippen molar-refractivity contribution < 1.29 is 19.1 Å². The molecular formula is C13H20N2O4. The maximum atomic E-state index is 11.9. The van der Waals surface area contributed by atoms with Crippen LogP contribution in [0.25, 0.3) is 0 Å². The van der Waals surface area contributed by atoms with Gasteiger partial charge in [0.25, 0.3) is 0 Å². The molecule has 1 saturated heterocycles. The van der Waals surface area contributed by atoms with E-state index in [4.69, 9.17) is 4.74 Å². The number of carbonyl (C=O) groups excluding carboxylic acids is 3. The summed E-state index contributed by atoms with van der Waals surface area (Å²) in [5.74, 6) is -1.62. The fraction of sp³-hybridized carbons (Fsp3) is 0.615. The second-order valence-corrected chi connectivity index (χ2v) is 4.34. The molecule has 0 aromatic rings. The lowest BCUT2D eigenvalue weighted by molar-refractivity contribution is -0.156. The van der Waals surface area contributed by atoms with Crippen molar-refractivity contribution in [3.63, 3.8) is 0 Å². The highest BCUT2D eigenvalue weighted by Crippen LogP contribution is 2.08. The molecule has 6 nitrogen and oxygen atoms in total. The number of ether oxygens (including phenoxy) is 1. The smallest absolute Gasteiger partial charge is 0.335 e. The first-order valence-electron chi connectivity index (χ1n) is 6.44. The standard InChI is InChI=1S/C13H20N2O4/c1-4-6-14-7-8-15(12(17)11(14)16)9-10(3)13(18)19-5-2/h3-9H2,1-2H3. The Bertz CT molecular complexity index is 392. The van der Waals surface area contributed by atoms with Gasteiger partial charge in [-0.2, -0.15) is 0 Å². The third-order valence-corrected chi connectivity index (χ3v) is 2.84. The summed E-state index contributed by atoms with van der Waals surface area (Å²) in [6, 6.07) is 0. The van der Waals surface area contributed by atoms with E-state index in [0.29, 0.717) is 19.6 Å². The van der Waals surface area contributed by atoms with Crippen LogP contribution in [0.5, 0.6) is 0 Å². The van der Waals surface area contributed by atoms with Gasteiger partial charge in [0.2, 0.25) is 0 Å². The quantitative estimate of drug-likeness (QED) is 0.392. The van der Waals surface area contributed by atoms with Gasteiger partial charge >= 0.3 is 17.8 Å². The van der Waals surface area contributed by atoms with Gasteiger partial charge in [-0.15, -0.1) is 0 Å². The molecule has 0 aromatic heterocycles. The van der Waals surface area contributed by atoms with E-state index in [1.807, 2.05) is 6.92 Å². The molecule has 0 unspecified atom stereocenters. The molecule has 19 heavy (non-hydrogen) atoms. The number of esters is 1. The normalized spacial score (nSPS) is 15.7. The lowest BCUT2D eigenvalue weighted by Crippen LogP contribution is -2.54. The number of rotatable bonds is 6. The average Bonchev–Trinajstić information content (AvgIpc) is 2.38. The summed E-state index contributed by atoms with van der Waals surface area (Å²) in [6.07, 6.45) is 0.814. The van der Waals surface area contributed by atoms with Crippen molar-refractivity contribution in [2.45, 2.75) is 20.3 Å². The Morgan fingerprint density at radius 3 is 2.37 bits per heavy atom. The summed E-state index contributed by atoms with van der Waals surface area (Å²) in [6.45, 7) is 9.04. The van der Waals surface area contributed by atoms with Gasteiger partial charge < -0.3 is 14.5 Å². The zero-order valence-corrected chi connectivity index (χ0v) is 11.5. The number of carbonyl (C=O) groups is 3. The molecule has 1 aliphatic rings. The van der Waals surface area contributed by atoms with Crippen molar-refractivity contribution in [2.75, 3.05) is 32.8 Å². The highest BCUT2D eigenvalue weighted by atomic mass is 16.5. The third kappa shape index (κ3) is 3.81. The monoisotopic (exact) mass is 268 g/mol. The Morgan fingerprint density at radius 2 is 1.79 bits per heavy atom. The number of hydrogen-bond acceptors (Lipinski definition) is 4. The minimum absolute atomic E-state index is 0.0450. The summed E-state index contributed by atoms with van der Waals surface area (Å²) < 4.78 is 4.80. The molecule has 6 heteroatoms. The maximum absolute atomic E-state index is 11.9. The van der Waals surface area contributed by atoms with Crippen molar-refractivity contribution in [3.05, 3.63) is 12.2 Å². The Balaban J connectivity index is 2.58. The van der Waals surface area contributed by atoms with E-state index < -0.39 is 17.8 Å². The summed E-state index contributed by atoms with van der Waals surface area (Å²) in [4.78, 5) is 38.0. The molecule has 0 saturated carbocycles. The van der Waals surface area contributed by atoms with E-state index >= 15 is 0 Å². The van der Waals surface area contributed by atoms with Crippen LogP contribution < -0.4 is 0 Å². The second-order valence-electron chi connectivity index (χ2n) is 4.34. The number of hydrogen-bond donors (Lipinski definition) is 0. The molecule has 0 atom stereocenters. The van der Waals surface area contributed by atoms with Crippen molar-refractivity contribution in [1.82, 2.24) is 9.80 Å². The fourth-order valence-electron chi connectivity index (χ4n) is 1.88. The molecule has 1 fully saturated rings. The van der Waals surface area contributed by atoms with Gasteiger partial charge in [-0.25, -0.2) is 4.79 Å². The van der Waals surface area contributed by atoms with Gasteiger partial charge in [0.05, 0.1) is 13.2 Å². The van der Waals surface area contributed by atoms with Crippen LogP contribution >= 0.6 is 0 Å². The first kappa shape index (κ1) is 15.2. The van der Waals surface area contributed by atoms with Crippen LogP contribution in [0, 0.1) is 0 Å². The Labute approximate surface area is 113 Å². The number of amides is 2. The van der Waals surface area contributed by atoms with Crippen LogP contribution in [-0.2, 0) is 19.1 Å². The molecule has 0 N–H and O–H groups in total. The van der Waals surface area contributed by atoms with Gasteiger partial charge in [-0.3, -0.25) is 9.59 Å². The van der Waals surface area contributed by atoms with Crippen LogP contribution in [0.4, 0.5) is 0 Å². The van der Waals surface area contributed by atoms with E-state index in [1.54, 1.807) is 6.92 Å². The van der Waals surface area contributed by atoms with Crippen LogP contribution in [0.1, 0.15) is 20.3 Å². The molecule has 1 aliphatic heterocycles. The zero-order chi connectivity index (χ0) is 14.4. The van der Waals surface area contributed by atoms with Gasteiger partial charge in [-0.05, 0) is 13.3 Å². The molecular weight excluding hydrogens is 248 g/mol. The van der Waals surface area contributed by atoms with Crippen LogP contribution in [0.15, 0.2) is 12.2 Å². The summed E-state index contributed by atoms with van der Waals surface area (Å²) in [7, 11) is 0. The van der Waals surface area contributed by atoms with Gasteiger partial charge in [0, 0.05) is 25.2 Å². The van der Waals surface area contributed by atoms with E-state index in [1.165, 1.54) is 9.80 Å². The SMILES string of the molecule is C=C(CN1CCN(CCC)C(=O)C1=O)C(=O)OCC. The van der Waals surface area contributed by atoms with Crippen molar-refractivity contribution in [3.8, 4) is 0 Å². The van der Waals surface area contributed by atoms with Crippen molar-refractivity contribution >= 4 is 17.8 Å². The van der Waals surface area contributed by atoms with Crippen LogP contribution in [0.3, 0.4) is 0 Å². The van der Waals surface area contributed by atoms with Gasteiger partial charge in [-0.1, -0.05) is 13.5 Å². The predicted molar refractivity (Wildman–Crippen MR) is 69.2 cm³/mol. The molecule has 1 heterocycles. The predicted octanol–water partition coefficient (Wildman–Crippen LogP) is 0.187. The maximum Gasteiger partial charge on any atom is 0.335 e. The van der Waals surface area contributed by atoms with E-state index in [2.05, 4.69) is 6.58 Å². The highest BCUT2D eigenvalue weighted by Gasteiger charge is 2.32. The number of piperazine rings is 1. The van der Waals surface area contributed by atoms with E-state index in [9.17, 15) is 14.4 Å². The van der Waals surface area contributed by atoms with Crippen LogP contribution in [-0.4, -0.2) is 60.4 Å².